The summed E-state index contributed by atoms with van der Waals surface area (Å²) in [7, 11) is 0. The van der Waals surface area contributed by atoms with Gasteiger partial charge in [0.25, 0.3) is 0 Å². The van der Waals surface area contributed by atoms with E-state index in [4.69, 9.17) is 0 Å². The Morgan fingerprint density at radius 2 is 2.28 bits per heavy atom. The van der Waals surface area contributed by atoms with Gasteiger partial charge >= 0.3 is 0 Å². The minimum atomic E-state index is 0. The van der Waals surface area contributed by atoms with Crippen LogP contribution in [0.5, 0.6) is 0 Å². The number of halogens is 2. The Morgan fingerprint density at radius 1 is 1.50 bits per heavy atom. The fraction of sp³-hybridized carbons (Fsp3) is 0.500. The molecule has 1 aromatic rings. The summed E-state index contributed by atoms with van der Waals surface area (Å²) in [6.07, 6.45) is 3.77. The highest BCUT2D eigenvalue weighted by Crippen LogP contribution is 2.15. The van der Waals surface area contributed by atoms with Gasteiger partial charge in [0.05, 0.1) is 17.3 Å². The molecule has 4 nitrogen and oxygen atoms in total. The van der Waals surface area contributed by atoms with E-state index in [2.05, 4.69) is 15.6 Å². The van der Waals surface area contributed by atoms with Crippen molar-refractivity contribution in [3.05, 3.63) is 24.0 Å². The molecule has 1 aliphatic heterocycles. The molecular formula is C12H19Cl2N3O. The van der Waals surface area contributed by atoms with Gasteiger partial charge in [-0.25, -0.2) is 0 Å². The van der Waals surface area contributed by atoms with E-state index in [1.54, 1.807) is 6.20 Å². The van der Waals surface area contributed by atoms with E-state index in [0.29, 0.717) is 0 Å². The van der Waals surface area contributed by atoms with Crippen LogP contribution in [0.1, 0.15) is 18.5 Å². The number of aryl methyl sites for hydroxylation is 1. The van der Waals surface area contributed by atoms with Gasteiger partial charge in [-0.3, -0.25) is 9.78 Å². The molecule has 1 atom stereocenters. The first-order valence-electron chi connectivity index (χ1n) is 5.70. The fourth-order valence-corrected chi connectivity index (χ4v) is 1.93. The summed E-state index contributed by atoms with van der Waals surface area (Å²) >= 11 is 0. The zero-order chi connectivity index (χ0) is 11.4. The number of aromatic nitrogens is 1. The van der Waals surface area contributed by atoms with Crippen LogP contribution in [0.25, 0.3) is 0 Å². The molecule has 0 bridgehead atoms. The van der Waals surface area contributed by atoms with Crippen molar-refractivity contribution in [1.82, 2.24) is 10.3 Å². The number of carbonyl (C=O) groups is 1. The Hall–Kier alpha value is -0.840. The predicted molar refractivity (Wildman–Crippen MR) is 77.7 cm³/mol. The van der Waals surface area contributed by atoms with Gasteiger partial charge < -0.3 is 10.6 Å². The Bertz CT molecular complexity index is 381. The van der Waals surface area contributed by atoms with E-state index in [1.807, 2.05) is 19.1 Å². The van der Waals surface area contributed by atoms with Crippen LogP contribution in [0.15, 0.2) is 18.3 Å². The summed E-state index contributed by atoms with van der Waals surface area (Å²) in [4.78, 5) is 16.1. The molecule has 0 aromatic carbocycles. The number of nitrogens with one attached hydrogen (secondary N) is 2. The zero-order valence-corrected chi connectivity index (χ0v) is 11.9. The Labute approximate surface area is 120 Å². The van der Waals surface area contributed by atoms with Crippen LogP contribution in [0.2, 0.25) is 0 Å². The molecule has 102 valence electrons. The van der Waals surface area contributed by atoms with Gasteiger partial charge in [0.1, 0.15) is 0 Å². The summed E-state index contributed by atoms with van der Waals surface area (Å²) in [6, 6.07) is 3.72. The molecule has 0 radical (unpaired) electrons. The largest absolute Gasteiger partial charge is 0.324 e. The molecule has 1 aliphatic rings. The lowest BCUT2D eigenvalue weighted by atomic mass is 9.99. The molecular weight excluding hydrogens is 273 g/mol. The lowest BCUT2D eigenvalue weighted by molar-refractivity contribution is -0.120. The molecule has 0 spiro atoms. The standard InChI is InChI=1S/C12H17N3O.2ClH/c1-9-11(5-3-7-14-9)15-12(16)10-4-2-6-13-8-10;;/h3,5,7,10,13H,2,4,6,8H2,1H3,(H,15,16);2*1H. The van der Waals surface area contributed by atoms with Gasteiger partial charge in [-0.15, -0.1) is 24.8 Å². The first-order chi connectivity index (χ1) is 7.77. The van der Waals surface area contributed by atoms with E-state index in [-0.39, 0.29) is 36.6 Å². The molecule has 1 fully saturated rings. The first-order valence-corrected chi connectivity index (χ1v) is 5.70. The van der Waals surface area contributed by atoms with E-state index >= 15 is 0 Å². The second kappa shape index (κ2) is 8.29. The van der Waals surface area contributed by atoms with Crippen molar-refractivity contribution in [1.29, 1.82) is 0 Å². The van der Waals surface area contributed by atoms with E-state index in [1.165, 1.54) is 0 Å². The lowest BCUT2D eigenvalue weighted by Crippen LogP contribution is -2.37. The lowest BCUT2D eigenvalue weighted by Gasteiger charge is -2.22. The second-order valence-corrected chi connectivity index (χ2v) is 4.17. The average molecular weight is 292 g/mol. The summed E-state index contributed by atoms with van der Waals surface area (Å²) in [5.41, 5.74) is 1.68. The van der Waals surface area contributed by atoms with Crippen LogP contribution in [-0.2, 0) is 4.79 Å². The second-order valence-electron chi connectivity index (χ2n) is 4.17. The van der Waals surface area contributed by atoms with Crippen LogP contribution < -0.4 is 10.6 Å². The van der Waals surface area contributed by atoms with Crippen molar-refractivity contribution >= 4 is 36.4 Å². The molecule has 6 heteroatoms. The SMILES string of the molecule is Cc1ncccc1NC(=O)C1CCCNC1.Cl.Cl. The number of piperidine rings is 1. The van der Waals surface area contributed by atoms with Crippen molar-refractivity contribution in [2.45, 2.75) is 19.8 Å². The van der Waals surface area contributed by atoms with Gasteiger partial charge in [-0.05, 0) is 38.4 Å². The van der Waals surface area contributed by atoms with Gasteiger partial charge in [0.2, 0.25) is 5.91 Å². The highest BCUT2D eigenvalue weighted by atomic mass is 35.5. The van der Waals surface area contributed by atoms with Gasteiger partial charge in [-0.2, -0.15) is 0 Å². The monoisotopic (exact) mass is 291 g/mol. The molecule has 2 N–H and O–H groups in total. The molecule has 1 amide bonds. The molecule has 18 heavy (non-hydrogen) atoms. The van der Waals surface area contributed by atoms with E-state index in [9.17, 15) is 4.79 Å². The van der Waals surface area contributed by atoms with Gasteiger partial charge in [0, 0.05) is 12.7 Å². The molecule has 1 unspecified atom stereocenters. The van der Waals surface area contributed by atoms with Gasteiger partial charge in [0.15, 0.2) is 0 Å². The summed E-state index contributed by atoms with van der Waals surface area (Å²) in [5.74, 6) is 0.191. The topological polar surface area (TPSA) is 54.0 Å². The van der Waals surface area contributed by atoms with Crippen LogP contribution in [-0.4, -0.2) is 24.0 Å². The number of carbonyl (C=O) groups excluding carboxylic acids is 1. The fourth-order valence-electron chi connectivity index (χ4n) is 1.93. The first kappa shape index (κ1) is 17.2. The number of hydrogen-bond donors (Lipinski definition) is 2. The molecule has 0 aliphatic carbocycles. The van der Waals surface area contributed by atoms with Crippen LogP contribution in [0, 0.1) is 12.8 Å². The predicted octanol–water partition coefficient (Wildman–Crippen LogP) is 2.17. The van der Waals surface area contributed by atoms with E-state index < -0.39 is 0 Å². The maximum absolute atomic E-state index is 11.9. The van der Waals surface area contributed by atoms with Crippen LogP contribution in [0.4, 0.5) is 5.69 Å². The van der Waals surface area contributed by atoms with Gasteiger partial charge in [-0.1, -0.05) is 0 Å². The number of rotatable bonds is 2. The molecule has 1 saturated heterocycles. The van der Waals surface area contributed by atoms with E-state index in [0.717, 1.165) is 37.3 Å². The third-order valence-corrected chi connectivity index (χ3v) is 2.93. The normalized spacial score (nSPS) is 18.2. The maximum Gasteiger partial charge on any atom is 0.228 e. The molecule has 2 heterocycles. The highest BCUT2D eigenvalue weighted by molar-refractivity contribution is 5.93. The molecule has 2 rings (SSSR count). The number of hydrogen-bond acceptors (Lipinski definition) is 3. The van der Waals surface area contributed by atoms with Crippen molar-refractivity contribution in [2.24, 2.45) is 5.92 Å². The Balaban J connectivity index is 0.00000144. The van der Waals surface area contributed by atoms with Crippen LogP contribution in [0.3, 0.4) is 0 Å². The smallest absolute Gasteiger partial charge is 0.228 e. The van der Waals surface area contributed by atoms with Crippen molar-refractivity contribution < 1.29 is 4.79 Å². The third-order valence-electron chi connectivity index (χ3n) is 2.93. The van der Waals surface area contributed by atoms with Crippen molar-refractivity contribution in [3.8, 4) is 0 Å². The molecule has 1 aromatic heterocycles. The highest BCUT2D eigenvalue weighted by Gasteiger charge is 2.21. The van der Waals surface area contributed by atoms with Crippen molar-refractivity contribution in [2.75, 3.05) is 18.4 Å². The number of nitrogens with zero attached hydrogens (tertiary/aromatic N) is 1. The average Bonchev–Trinajstić information content (AvgIpc) is 2.33. The van der Waals surface area contributed by atoms with Crippen molar-refractivity contribution in [3.63, 3.8) is 0 Å². The number of anilines is 1. The molecule has 0 saturated carbocycles. The minimum Gasteiger partial charge on any atom is -0.324 e. The Morgan fingerprint density at radius 3 is 2.89 bits per heavy atom. The Kier molecular flexibility index (Phi) is 7.91. The maximum atomic E-state index is 11.9. The number of pyridine rings is 1. The summed E-state index contributed by atoms with van der Waals surface area (Å²) < 4.78 is 0. The zero-order valence-electron chi connectivity index (χ0n) is 10.3. The summed E-state index contributed by atoms with van der Waals surface area (Å²) in [6.45, 7) is 3.70. The summed E-state index contributed by atoms with van der Waals surface area (Å²) in [5, 5.41) is 6.18. The number of amides is 1. The van der Waals surface area contributed by atoms with Crippen LogP contribution >= 0.6 is 24.8 Å². The quantitative estimate of drug-likeness (QED) is 0.878. The minimum absolute atomic E-state index is 0. The third kappa shape index (κ3) is 4.44.